The van der Waals surface area contributed by atoms with Gasteiger partial charge in [-0.1, -0.05) is 19.1 Å². The van der Waals surface area contributed by atoms with Gasteiger partial charge in [0.1, 0.15) is 11.8 Å². The van der Waals surface area contributed by atoms with Crippen LogP contribution in [-0.2, 0) is 16.1 Å². The monoisotopic (exact) mass is 320 g/mol. The minimum absolute atomic E-state index is 0.0515. The maximum Gasteiger partial charge on any atom is 0.242 e. The van der Waals surface area contributed by atoms with Crippen molar-refractivity contribution in [3.05, 3.63) is 29.8 Å². The van der Waals surface area contributed by atoms with Gasteiger partial charge in [0.05, 0.1) is 7.11 Å². The molecule has 0 fully saturated rings. The van der Waals surface area contributed by atoms with E-state index in [1.165, 1.54) is 0 Å². The third-order valence-electron chi connectivity index (χ3n) is 3.46. The molecule has 0 saturated heterocycles. The fourth-order valence-electron chi connectivity index (χ4n) is 2.23. The van der Waals surface area contributed by atoms with Crippen LogP contribution in [0.4, 0.5) is 0 Å². The summed E-state index contributed by atoms with van der Waals surface area (Å²) < 4.78 is 5.21. The van der Waals surface area contributed by atoms with Crippen LogP contribution >= 0.6 is 0 Å². The van der Waals surface area contributed by atoms with Crippen LogP contribution < -0.4 is 10.1 Å². The Morgan fingerprint density at radius 2 is 1.96 bits per heavy atom. The molecule has 0 saturated carbocycles. The fourth-order valence-corrected chi connectivity index (χ4v) is 2.23. The van der Waals surface area contributed by atoms with Crippen LogP contribution in [0.25, 0.3) is 0 Å². The molecule has 0 bridgehead atoms. The minimum Gasteiger partial charge on any atom is -0.497 e. The number of carbonyl (C=O) groups excluding carboxylic acids is 2. The number of amides is 2. The highest BCUT2D eigenvalue weighted by Gasteiger charge is 2.27. The lowest BCUT2D eigenvalue weighted by Crippen LogP contribution is -2.52. The molecule has 0 aromatic heterocycles. The molecule has 5 heteroatoms. The van der Waals surface area contributed by atoms with Gasteiger partial charge in [0.2, 0.25) is 11.8 Å². The van der Waals surface area contributed by atoms with Gasteiger partial charge in [0.15, 0.2) is 0 Å². The summed E-state index contributed by atoms with van der Waals surface area (Å²) in [5.74, 6) is 0.532. The largest absolute Gasteiger partial charge is 0.497 e. The van der Waals surface area contributed by atoms with Gasteiger partial charge in [-0.25, -0.2) is 0 Å². The molecule has 0 aliphatic rings. The molecule has 1 rings (SSSR count). The standard InChI is InChI=1S/C18H28N2O3/c1-7-16(21)20(13(2)17(22)19-18(3,4)5)12-14-9-8-10-15(11-14)23-6/h8-11,13H,7,12H2,1-6H3,(H,19,22)/t13-/m1/s1. The number of rotatable bonds is 6. The van der Waals surface area contributed by atoms with Crippen LogP contribution in [0.2, 0.25) is 0 Å². The Morgan fingerprint density at radius 3 is 2.48 bits per heavy atom. The summed E-state index contributed by atoms with van der Waals surface area (Å²) in [6.07, 6.45) is 0.358. The maximum absolute atomic E-state index is 12.4. The van der Waals surface area contributed by atoms with Crippen molar-refractivity contribution in [3.8, 4) is 5.75 Å². The van der Waals surface area contributed by atoms with E-state index in [1.54, 1.807) is 25.9 Å². The first-order valence-corrected chi connectivity index (χ1v) is 7.92. The summed E-state index contributed by atoms with van der Waals surface area (Å²) in [7, 11) is 1.60. The van der Waals surface area contributed by atoms with Crippen LogP contribution in [0.5, 0.6) is 5.75 Å². The highest BCUT2D eigenvalue weighted by Crippen LogP contribution is 2.17. The molecule has 128 valence electrons. The van der Waals surface area contributed by atoms with Gasteiger partial charge in [-0.15, -0.1) is 0 Å². The Morgan fingerprint density at radius 1 is 1.30 bits per heavy atom. The van der Waals surface area contributed by atoms with Gasteiger partial charge in [0, 0.05) is 18.5 Å². The van der Waals surface area contributed by atoms with E-state index in [4.69, 9.17) is 4.74 Å². The van der Waals surface area contributed by atoms with Crippen molar-refractivity contribution < 1.29 is 14.3 Å². The topological polar surface area (TPSA) is 58.6 Å². The van der Waals surface area contributed by atoms with E-state index in [2.05, 4.69) is 5.32 Å². The van der Waals surface area contributed by atoms with E-state index < -0.39 is 6.04 Å². The predicted molar refractivity (Wildman–Crippen MR) is 91.2 cm³/mol. The highest BCUT2D eigenvalue weighted by molar-refractivity contribution is 5.87. The molecule has 0 aliphatic carbocycles. The Bertz CT molecular complexity index is 549. The van der Waals surface area contributed by atoms with Crippen LogP contribution in [0.15, 0.2) is 24.3 Å². The molecule has 1 aromatic rings. The summed E-state index contributed by atoms with van der Waals surface area (Å²) in [6.45, 7) is 9.70. The first kappa shape index (κ1) is 19.0. The molecule has 1 aromatic carbocycles. The highest BCUT2D eigenvalue weighted by atomic mass is 16.5. The average molecular weight is 320 g/mol. The van der Waals surface area contributed by atoms with E-state index in [0.717, 1.165) is 11.3 Å². The minimum atomic E-state index is -0.534. The molecule has 23 heavy (non-hydrogen) atoms. The number of nitrogens with one attached hydrogen (secondary N) is 1. The van der Waals surface area contributed by atoms with Crippen molar-refractivity contribution in [2.75, 3.05) is 7.11 Å². The zero-order valence-electron chi connectivity index (χ0n) is 15.0. The van der Waals surface area contributed by atoms with Gasteiger partial charge in [-0.3, -0.25) is 9.59 Å². The van der Waals surface area contributed by atoms with Gasteiger partial charge in [-0.2, -0.15) is 0 Å². The molecule has 0 aliphatic heterocycles. The number of methoxy groups -OCH3 is 1. The summed E-state index contributed by atoms with van der Waals surface area (Å²) in [6, 6.07) is 7.00. The van der Waals surface area contributed by atoms with Crippen LogP contribution in [0.1, 0.15) is 46.6 Å². The zero-order chi connectivity index (χ0) is 17.6. The van der Waals surface area contributed by atoms with Gasteiger partial charge >= 0.3 is 0 Å². The number of hydrogen-bond acceptors (Lipinski definition) is 3. The van der Waals surface area contributed by atoms with Crippen LogP contribution in [0, 0.1) is 0 Å². The zero-order valence-corrected chi connectivity index (χ0v) is 15.0. The molecule has 0 unspecified atom stereocenters. The molecular weight excluding hydrogens is 292 g/mol. The van der Waals surface area contributed by atoms with E-state index in [1.807, 2.05) is 45.0 Å². The van der Waals surface area contributed by atoms with Crippen molar-refractivity contribution in [1.82, 2.24) is 10.2 Å². The Hall–Kier alpha value is -2.04. The average Bonchev–Trinajstić information content (AvgIpc) is 2.49. The van der Waals surface area contributed by atoms with Crippen molar-refractivity contribution in [3.63, 3.8) is 0 Å². The Labute approximate surface area is 139 Å². The molecule has 0 radical (unpaired) electrons. The number of benzene rings is 1. The molecule has 1 atom stereocenters. The van der Waals surface area contributed by atoms with Gasteiger partial charge in [0.25, 0.3) is 0 Å². The summed E-state index contributed by atoms with van der Waals surface area (Å²) >= 11 is 0. The summed E-state index contributed by atoms with van der Waals surface area (Å²) in [4.78, 5) is 26.3. The lowest BCUT2D eigenvalue weighted by Gasteiger charge is -2.31. The SMILES string of the molecule is CCC(=O)N(Cc1cccc(OC)c1)[C@H](C)C(=O)NC(C)(C)C. The van der Waals surface area contributed by atoms with Crippen LogP contribution in [0.3, 0.4) is 0 Å². The number of nitrogens with zero attached hydrogens (tertiary/aromatic N) is 1. The quantitative estimate of drug-likeness (QED) is 0.877. The van der Waals surface area contributed by atoms with E-state index in [9.17, 15) is 9.59 Å². The number of ether oxygens (including phenoxy) is 1. The van der Waals surface area contributed by atoms with Gasteiger partial charge in [-0.05, 0) is 45.4 Å². The van der Waals surface area contributed by atoms with Gasteiger partial charge < -0.3 is 15.0 Å². The predicted octanol–water partition coefficient (Wildman–Crippen LogP) is 2.74. The molecule has 2 amide bonds. The molecule has 5 nitrogen and oxygen atoms in total. The molecule has 0 heterocycles. The third kappa shape index (κ3) is 5.93. The molecule has 0 spiro atoms. The molecular formula is C18H28N2O3. The Balaban J connectivity index is 2.95. The fraction of sp³-hybridized carbons (Fsp3) is 0.556. The summed E-state index contributed by atoms with van der Waals surface area (Å²) in [5.41, 5.74) is 0.601. The Kier molecular flexibility index (Phi) is 6.61. The normalized spacial score (nSPS) is 12.4. The lowest BCUT2D eigenvalue weighted by molar-refractivity contribution is -0.141. The van der Waals surface area contributed by atoms with Crippen molar-refractivity contribution >= 4 is 11.8 Å². The van der Waals surface area contributed by atoms with Crippen LogP contribution in [-0.4, -0.2) is 35.4 Å². The van der Waals surface area contributed by atoms with E-state index in [-0.39, 0.29) is 17.4 Å². The third-order valence-corrected chi connectivity index (χ3v) is 3.46. The van der Waals surface area contributed by atoms with E-state index in [0.29, 0.717) is 13.0 Å². The second-order valence-electron chi connectivity index (χ2n) is 6.64. The maximum atomic E-state index is 12.4. The first-order valence-electron chi connectivity index (χ1n) is 7.92. The van der Waals surface area contributed by atoms with E-state index >= 15 is 0 Å². The number of hydrogen-bond donors (Lipinski definition) is 1. The lowest BCUT2D eigenvalue weighted by atomic mass is 10.1. The summed E-state index contributed by atoms with van der Waals surface area (Å²) in [5, 5.41) is 2.93. The molecule has 1 N–H and O–H groups in total. The first-order chi connectivity index (χ1) is 10.7. The number of carbonyl (C=O) groups is 2. The second-order valence-corrected chi connectivity index (χ2v) is 6.64. The van der Waals surface area contributed by atoms with Crippen molar-refractivity contribution in [2.45, 2.75) is 59.2 Å². The van der Waals surface area contributed by atoms with Crippen molar-refractivity contribution in [1.29, 1.82) is 0 Å². The van der Waals surface area contributed by atoms with Crippen molar-refractivity contribution in [2.24, 2.45) is 0 Å². The smallest absolute Gasteiger partial charge is 0.242 e. The second kappa shape index (κ2) is 7.99.